The van der Waals surface area contributed by atoms with Crippen LogP contribution < -0.4 is 10.6 Å². The Morgan fingerprint density at radius 1 is 1.11 bits per heavy atom. The maximum atomic E-state index is 11.5. The molecule has 0 spiro atoms. The first kappa shape index (κ1) is 19.9. The van der Waals surface area contributed by atoms with Crippen molar-refractivity contribution in [3.05, 3.63) is 48.7 Å². The van der Waals surface area contributed by atoms with Gasteiger partial charge in [-0.2, -0.15) is 0 Å². The fourth-order valence-electron chi connectivity index (χ4n) is 3.61. The van der Waals surface area contributed by atoms with Gasteiger partial charge in [-0.15, -0.1) is 0 Å². The number of pyridine rings is 1. The average Bonchev–Trinajstić information content (AvgIpc) is 2.73. The molecule has 1 aliphatic rings. The Balaban J connectivity index is 1.44. The van der Waals surface area contributed by atoms with Crippen LogP contribution in [-0.2, 0) is 14.3 Å². The Hall–Kier alpha value is -2.89. The van der Waals surface area contributed by atoms with E-state index in [2.05, 4.69) is 28.1 Å². The average molecular weight is 381 g/mol. The normalized spacial score (nSPS) is 14.6. The van der Waals surface area contributed by atoms with Crippen molar-refractivity contribution in [3.8, 4) is 11.1 Å². The maximum absolute atomic E-state index is 11.5. The van der Waals surface area contributed by atoms with Crippen LogP contribution in [0, 0.1) is 5.92 Å². The number of hydrogen-bond donors (Lipinski definition) is 1. The third-order valence-electron chi connectivity index (χ3n) is 5.16. The standard InChI is InChI=1S/C22H27N3O3/c23-20(26)16-28-22(27)8-4-5-17-10-13-25(14-11-17)21-15-19(9-12-24-21)18-6-2-1-3-7-18/h1-3,6-7,9,12,15,17H,4-5,8,10-11,13-14,16H2,(H2,23,26). The van der Waals surface area contributed by atoms with Crippen molar-refractivity contribution >= 4 is 17.7 Å². The lowest BCUT2D eigenvalue weighted by Gasteiger charge is -2.33. The molecule has 2 heterocycles. The molecular weight excluding hydrogens is 354 g/mol. The Bertz CT molecular complexity index is 787. The summed E-state index contributed by atoms with van der Waals surface area (Å²) in [5.74, 6) is 0.663. The lowest BCUT2D eigenvalue weighted by molar-refractivity contribution is -0.147. The van der Waals surface area contributed by atoms with E-state index < -0.39 is 5.91 Å². The molecule has 3 rings (SSSR count). The Kier molecular flexibility index (Phi) is 7.00. The van der Waals surface area contributed by atoms with E-state index in [4.69, 9.17) is 10.5 Å². The van der Waals surface area contributed by atoms with Crippen LogP contribution in [-0.4, -0.2) is 36.6 Å². The number of benzene rings is 1. The molecule has 0 unspecified atom stereocenters. The van der Waals surface area contributed by atoms with Crippen LogP contribution >= 0.6 is 0 Å². The molecule has 2 N–H and O–H groups in total. The highest BCUT2D eigenvalue weighted by Gasteiger charge is 2.20. The summed E-state index contributed by atoms with van der Waals surface area (Å²) in [6.45, 7) is 1.62. The van der Waals surface area contributed by atoms with Gasteiger partial charge in [-0.25, -0.2) is 4.98 Å². The van der Waals surface area contributed by atoms with E-state index >= 15 is 0 Å². The van der Waals surface area contributed by atoms with Crippen LogP contribution in [0.2, 0.25) is 0 Å². The largest absolute Gasteiger partial charge is 0.456 e. The molecule has 28 heavy (non-hydrogen) atoms. The number of aromatic nitrogens is 1. The molecule has 1 amide bonds. The van der Waals surface area contributed by atoms with Gasteiger partial charge in [0.2, 0.25) is 0 Å². The second-order valence-corrected chi connectivity index (χ2v) is 7.22. The smallest absolute Gasteiger partial charge is 0.306 e. The molecule has 1 fully saturated rings. The summed E-state index contributed by atoms with van der Waals surface area (Å²) in [5.41, 5.74) is 7.34. The van der Waals surface area contributed by atoms with Crippen LogP contribution in [0.4, 0.5) is 5.82 Å². The summed E-state index contributed by atoms with van der Waals surface area (Å²) in [6, 6.07) is 14.5. The predicted octanol–water partition coefficient (Wildman–Crippen LogP) is 3.16. The van der Waals surface area contributed by atoms with Crippen molar-refractivity contribution in [1.82, 2.24) is 4.98 Å². The Morgan fingerprint density at radius 3 is 2.57 bits per heavy atom. The van der Waals surface area contributed by atoms with Gasteiger partial charge in [0.05, 0.1) is 0 Å². The molecule has 6 heteroatoms. The van der Waals surface area contributed by atoms with Gasteiger partial charge >= 0.3 is 5.97 Å². The molecule has 6 nitrogen and oxygen atoms in total. The van der Waals surface area contributed by atoms with E-state index in [0.29, 0.717) is 12.3 Å². The van der Waals surface area contributed by atoms with Crippen LogP contribution in [0.3, 0.4) is 0 Å². The number of nitrogens with zero attached hydrogens (tertiary/aromatic N) is 2. The van der Waals surface area contributed by atoms with Crippen molar-refractivity contribution in [2.45, 2.75) is 32.1 Å². The summed E-state index contributed by atoms with van der Waals surface area (Å²) in [5, 5.41) is 0. The van der Waals surface area contributed by atoms with Crippen LogP contribution in [0.5, 0.6) is 0 Å². The number of hydrogen-bond acceptors (Lipinski definition) is 5. The second kappa shape index (κ2) is 9.88. The van der Waals surface area contributed by atoms with Crippen molar-refractivity contribution in [2.24, 2.45) is 11.7 Å². The van der Waals surface area contributed by atoms with E-state index in [1.165, 1.54) is 11.1 Å². The number of carbonyl (C=O) groups is 2. The van der Waals surface area contributed by atoms with Gasteiger partial charge in [-0.1, -0.05) is 30.3 Å². The van der Waals surface area contributed by atoms with Crippen LogP contribution in [0.1, 0.15) is 32.1 Å². The summed E-state index contributed by atoms with van der Waals surface area (Å²) in [7, 11) is 0. The lowest BCUT2D eigenvalue weighted by Crippen LogP contribution is -2.34. The molecule has 148 valence electrons. The molecule has 0 radical (unpaired) electrons. The van der Waals surface area contributed by atoms with Crippen molar-refractivity contribution in [2.75, 3.05) is 24.6 Å². The van der Waals surface area contributed by atoms with Crippen molar-refractivity contribution in [3.63, 3.8) is 0 Å². The van der Waals surface area contributed by atoms with Gasteiger partial charge in [0.15, 0.2) is 6.61 Å². The summed E-state index contributed by atoms with van der Waals surface area (Å²) >= 11 is 0. The number of primary amides is 1. The zero-order valence-corrected chi connectivity index (χ0v) is 16.0. The van der Waals surface area contributed by atoms with E-state index in [9.17, 15) is 9.59 Å². The molecule has 2 aromatic rings. The summed E-state index contributed by atoms with van der Waals surface area (Å²) in [6.07, 6.45) is 6.18. The third kappa shape index (κ3) is 5.81. The summed E-state index contributed by atoms with van der Waals surface area (Å²) < 4.78 is 4.79. The molecule has 1 saturated heterocycles. The minimum atomic E-state index is -0.620. The fraction of sp³-hybridized carbons (Fsp3) is 0.409. The minimum absolute atomic E-state index is 0.327. The highest BCUT2D eigenvalue weighted by Crippen LogP contribution is 2.28. The Morgan fingerprint density at radius 2 is 1.86 bits per heavy atom. The zero-order valence-electron chi connectivity index (χ0n) is 16.0. The first-order valence-electron chi connectivity index (χ1n) is 9.82. The first-order valence-corrected chi connectivity index (χ1v) is 9.82. The van der Waals surface area contributed by atoms with Gasteiger partial charge in [0.25, 0.3) is 5.91 Å². The molecule has 1 aromatic carbocycles. The maximum Gasteiger partial charge on any atom is 0.306 e. The van der Waals surface area contributed by atoms with Crippen molar-refractivity contribution in [1.29, 1.82) is 0 Å². The fourth-order valence-corrected chi connectivity index (χ4v) is 3.61. The molecule has 0 saturated carbocycles. The monoisotopic (exact) mass is 381 g/mol. The van der Waals surface area contributed by atoms with E-state index in [1.54, 1.807) is 0 Å². The van der Waals surface area contributed by atoms with Gasteiger partial charge in [0.1, 0.15) is 5.82 Å². The molecule has 0 bridgehead atoms. The number of anilines is 1. The predicted molar refractivity (Wildman–Crippen MR) is 109 cm³/mol. The van der Waals surface area contributed by atoms with Crippen molar-refractivity contribution < 1.29 is 14.3 Å². The van der Waals surface area contributed by atoms with E-state index in [-0.39, 0.29) is 12.6 Å². The number of nitrogens with two attached hydrogens (primary N) is 1. The molecule has 1 aliphatic heterocycles. The quantitative estimate of drug-likeness (QED) is 0.710. The highest BCUT2D eigenvalue weighted by molar-refractivity contribution is 5.78. The zero-order chi connectivity index (χ0) is 19.8. The number of piperidine rings is 1. The third-order valence-corrected chi connectivity index (χ3v) is 5.16. The van der Waals surface area contributed by atoms with E-state index in [1.807, 2.05) is 30.5 Å². The van der Waals surface area contributed by atoms with Gasteiger partial charge in [-0.05, 0) is 54.9 Å². The molecular formula is C22H27N3O3. The second-order valence-electron chi connectivity index (χ2n) is 7.22. The number of carbonyl (C=O) groups excluding carboxylic acids is 2. The van der Waals surface area contributed by atoms with E-state index in [0.717, 1.165) is 44.6 Å². The van der Waals surface area contributed by atoms with Gasteiger partial charge in [-0.3, -0.25) is 9.59 Å². The van der Waals surface area contributed by atoms with Crippen LogP contribution in [0.15, 0.2) is 48.7 Å². The van der Waals surface area contributed by atoms with Gasteiger partial charge < -0.3 is 15.4 Å². The number of rotatable bonds is 8. The van der Waals surface area contributed by atoms with Gasteiger partial charge in [0, 0.05) is 25.7 Å². The Labute approximate surface area is 165 Å². The number of esters is 1. The minimum Gasteiger partial charge on any atom is -0.456 e. The molecule has 0 atom stereocenters. The number of amides is 1. The molecule has 0 aliphatic carbocycles. The molecule has 1 aromatic heterocycles. The topological polar surface area (TPSA) is 85.5 Å². The summed E-state index contributed by atoms with van der Waals surface area (Å²) in [4.78, 5) is 29.0. The number of ether oxygens (including phenoxy) is 1. The SMILES string of the molecule is NC(=O)COC(=O)CCCC1CCN(c2cc(-c3ccccc3)ccn2)CC1. The highest BCUT2D eigenvalue weighted by atomic mass is 16.5. The van der Waals surface area contributed by atoms with Crippen LogP contribution in [0.25, 0.3) is 11.1 Å². The first-order chi connectivity index (χ1) is 13.6. The lowest BCUT2D eigenvalue weighted by atomic mass is 9.91.